The molecule has 16 heavy (non-hydrogen) atoms. The molecule has 0 amide bonds. The molecule has 2 aromatic rings. The first-order chi connectivity index (χ1) is 7.67. The summed E-state index contributed by atoms with van der Waals surface area (Å²) in [7, 11) is 2.99. The van der Waals surface area contributed by atoms with Gasteiger partial charge in [-0.25, -0.2) is 4.79 Å². The molecule has 0 unspecified atom stereocenters. The molecule has 0 saturated heterocycles. The third-order valence-corrected chi connectivity index (χ3v) is 2.65. The van der Waals surface area contributed by atoms with Gasteiger partial charge in [-0.3, -0.25) is 0 Å². The fraction of sp³-hybridized carbons (Fsp3) is 0.250. The van der Waals surface area contributed by atoms with Crippen LogP contribution in [0.1, 0.15) is 16.1 Å². The van der Waals surface area contributed by atoms with Crippen LogP contribution in [0.2, 0.25) is 0 Å². The largest absolute Gasteiger partial charge is 0.496 e. The van der Waals surface area contributed by atoms with Crippen LogP contribution in [-0.4, -0.2) is 25.2 Å². The fourth-order valence-corrected chi connectivity index (χ4v) is 1.77. The average Bonchev–Trinajstić information content (AvgIpc) is 2.73. The van der Waals surface area contributed by atoms with E-state index in [4.69, 9.17) is 4.74 Å². The number of aromatic nitrogens is 1. The minimum atomic E-state index is -0.366. The molecule has 0 saturated carbocycles. The molecular formula is C12H13NO3. The van der Waals surface area contributed by atoms with Gasteiger partial charge in [0.2, 0.25) is 0 Å². The molecule has 2 rings (SSSR count). The quantitative estimate of drug-likeness (QED) is 0.788. The predicted octanol–water partition coefficient (Wildman–Crippen LogP) is 2.27. The molecule has 0 spiro atoms. The molecule has 4 nitrogen and oxygen atoms in total. The smallest absolute Gasteiger partial charge is 0.354 e. The number of hydrogen-bond donors (Lipinski definition) is 1. The lowest BCUT2D eigenvalue weighted by atomic mass is 10.1. The van der Waals surface area contributed by atoms with Gasteiger partial charge < -0.3 is 14.5 Å². The molecule has 0 fully saturated rings. The SMILES string of the molecule is COC(=O)c1cc2c(C)c(OC)ccc2[nH]1. The first kappa shape index (κ1) is 10.5. The van der Waals surface area contributed by atoms with Crippen molar-refractivity contribution in [3.8, 4) is 5.75 Å². The number of H-pyrrole nitrogens is 1. The van der Waals surface area contributed by atoms with Crippen molar-refractivity contribution in [2.75, 3.05) is 14.2 Å². The number of fused-ring (bicyclic) bond motifs is 1. The van der Waals surface area contributed by atoms with Crippen LogP contribution in [0.5, 0.6) is 5.75 Å². The van der Waals surface area contributed by atoms with Crippen molar-refractivity contribution in [2.24, 2.45) is 0 Å². The summed E-state index contributed by atoms with van der Waals surface area (Å²) in [4.78, 5) is 14.4. The molecular weight excluding hydrogens is 206 g/mol. The van der Waals surface area contributed by atoms with Crippen molar-refractivity contribution in [1.29, 1.82) is 0 Å². The van der Waals surface area contributed by atoms with E-state index >= 15 is 0 Å². The van der Waals surface area contributed by atoms with Crippen LogP contribution < -0.4 is 4.74 Å². The fourth-order valence-electron chi connectivity index (χ4n) is 1.77. The lowest BCUT2D eigenvalue weighted by molar-refractivity contribution is 0.0595. The standard InChI is InChI=1S/C12H13NO3/c1-7-8-6-10(12(14)16-3)13-9(8)4-5-11(7)15-2/h4-6,13H,1-3H3. The lowest BCUT2D eigenvalue weighted by Crippen LogP contribution is -2.00. The van der Waals surface area contributed by atoms with Crippen LogP contribution in [0.3, 0.4) is 0 Å². The lowest BCUT2D eigenvalue weighted by Gasteiger charge is -2.04. The van der Waals surface area contributed by atoms with E-state index in [0.29, 0.717) is 5.69 Å². The van der Waals surface area contributed by atoms with E-state index in [1.165, 1.54) is 7.11 Å². The number of hydrogen-bond acceptors (Lipinski definition) is 3. The van der Waals surface area contributed by atoms with Gasteiger partial charge in [-0.2, -0.15) is 0 Å². The number of rotatable bonds is 2. The second-order valence-corrected chi connectivity index (χ2v) is 3.53. The maximum atomic E-state index is 11.4. The van der Waals surface area contributed by atoms with Gasteiger partial charge in [0.05, 0.1) is 14.2 Å². The van der Waals surface area contributed by atoms with E-state index in [1.54, 1.807) is 13.2 Å². The van der Waals surface area contributed by atoms with Crippen molar-refractivity contribution >= 4 is 16.9 Å². The summed E-state index contributed by atoms with van der Waals surface area (Å²) in [5.74, 6) is 0.442. The first-order valence-corrected chi connectivity index (χ1v) is 4.92. The van der Waals surface area contributed by atoms with Crippen LogP contribution in [0.15, 0.2) is 18.2 Å². The number of carbonyl (C=O) groups is 1. The topological polar surface area (TPSA) is 51.3 Å². The van der Waals surface area contributed by atoms with E-state index < -0.39 is 0 Å². The highest BCUT2D eigenvalue weighted by Crippen LogP contribution is 2.27. The van der Waals surface area contributed by atoms with E-state index in [2.05, 4.69) is 9.72 Å². The Labute approximate surface area is 93.2 Å². The van der Waals surface area contributed by atoms with E-state index in [0.717, 1.165) is 22.2 Å². The third kappa shape index (κ3) is 1.52. The molecule has 4 heteroatoms. The molecule has 1 heterocycles. The van der Waals surface area contributed by atoms with Crippen LogP contribution >= 0.6 is 0 Å². The van der Waals surface area contributed by atoms with Gasteiger partial charge >= 0.3 is 5.97 Å². The summed E-state index contributed by atoms with van der Waals surface area (Å²) in [5, 5.41) is 0.972. The number of esters is 1. The Hall–Kier alpha value is -1.97. The Morgan fingerprint density at radius 2 is 2.06 bits per heavy atom. The van der Waals surface area contributed by atoms with Gasteiger partial charge in [0, 0.05) is 16.5 Å². The molecule has 0 aliphatic carbocycles. The molecule has 0 bridgehead atoms. The zero-order valence-corrected chi connectivity index (χ0v) is 9.46. The normalized spacial score (nSPS) is 10.4. The minimum Gasteiger partial charge on any atom is -0.496 e. The summed E-state index contributed by atoms with van der Waals surface area (Å²) in [6, 6.07) is 5.53. The van der Waals surface area contributed by atoms with Crippen LogP contribution in [0, 0.1) is 6.92 Å². The molecule has 0 atom stereocenters. The number of ether oxygens (including phenoxy) is 2. The number of aromatic amines is 1. The van der Waals surface area contributed by atoms with E-state index in [9.17, 15) is 4.79 Å². The summed E-state index contributed by atoms with van der Waals surface area (Å²) < 4.78 is 9.88. The van der Waals surface area contributed by atoms with Crippen molar-refractivity contribution in [3.05, 3.63) is 29.5 Å². The van der Waals surface area contributed by atoms with Crippen LogP contribution in [0.4, 0.5) is 0 Å². The zero-order valence-electron chi connectivity index (χ0n) is 9.46. The van der Waals surface area contributed by atoms with Gasteiger partial charge in [-0.05, 0) is 25.1 Å². The summed E-state index contributed by atoms with van der Waals surface area (Å²) >= 11 is 0. The highest BCUT2D eigenvalue weighted by atomic mass is 16.5. The Morgan fingerprint density at radius 3 is 2.69 bits per heavy atom. The Bertz CT molecular complexity index is 542. The Morgan fingerprint density at radius 1 is 1.31 bits per heavy atom. The number of methoxy groups -OCH3 is 2. The van der Waals surface area contributed by atoms with Crippen LogP contribution in [0.25, 0.3) is 10.9 Å². The number of nitrogens with one attached hydrogen (secondary N) is 1. The minimum absolute atomic E-state index is 0.366. The van der Waals surface area contributed by atoms with E-state index in [-0.39, 0.29) is 5.97 Å². The highest BCUT2D eigenvalue weighted by molar-refractivity contribution is 5.96. The van der Waals surface area contributed by atoms with Gasteiger partial charge in [0.1, 0.15) is 11.4 Å². The van der Waals surface area contributed by atoms with Crippen molar-refractivity contribution in [1.82, 2.24) is 4.98 Å². The Kier molecular flexibility index (Phi) is 2.56. The molecule has 0 radical (unpaired) electrons. The second kappa shape index (κ2) is 3.89. The summed E-state index contributed by atoms with van der Waals surface area (Å²) in [5.41, 5.74) is 2.36. The first-order valence-electron chi connectivity index (χ1n) is 4.92. The van der Waals surface area contributed by atoms with Gasteiger partial charge in [0.15, 0.2) is 0 Å². The average molecular weight is 219 g/mol. The van der Waals surface area contributed by atoms with Gasteiger partial charge in [-0.15, -0.1) is 0 Å². The predicted molar refractivity (Wildman–Crippen MR) is 60.9 cm³/mol. The number of aryl methyl sites for hydroxylation is 1. The van der Waals surface area contributed by atoms with Gasteiger partial charge in [0.25, 0.3) is 0 Å². The molecule has 1 aromatic carbocycles. The van der Waals surface area contributed by atoms with Crippen molar-refractivity contribution in [3.63, 3.8) is 0 Å². The van der Waals surface area contributed by atoms with E-state index in [1.807, 2.05) is 19.1 Å². The maximum absolute atomic E-state index is 11.4. The monoisotopic (exact) mass is 219 g/mol. The van der Waals surface area contributed by atoms with Crippen molar-refractivity contribution < 1.29 is 14.3 Å². The third-order valence-electron chi connectivity index (χ3n) is 2.65. The van der Waals surface area contributed by atoms with Gasteiger partial charge in [-0.1, -0.05) is 0 Å². The molecule has 1 aromatic heterocycles. The zero-order chi connectivity index (χ0) is 11.7. The summed E-state index contributed by atoms with van der Waals surface area (Å²) in [6.07, 6.45) is 0. The molecule has 0 aliphatic rings. The van der Waals surface area contributed by atoms with Crippen LogP contribution in [-0.2, 0) is 4.74 Å². The maximum Gasteiger partial charge on any atom is 0.354 e. The highest BCUT2D eigenvalue weighted by Gasteiger charge is 2.12. The number of benzene rings is 1. The molecule has 0 aliphatic heterocycles. The van der Waals surface area contributed by atoms with Crippen molar-refractivity contribution in [2.45, 2.75) is 6.92 Å². The Balaban J connectivity index is 2.62. The molecule has 1 N–H and O–H groups in total. The molecule has 84 valence electrons. The summed E-state index contributed by atoms with van der Waals surface area (Å²) in [6.45, 7) is 1.95. The second-order valence-electron chi connectivity index (χ2n) is 3.53. The number of carbonyl (C=O) groups excluding carboxylic acids is 1.